The number of nitrogens with one attached hydrogen (secondary N) is 1. The minimum atomic E-state index is -3.13. The average molecular weight is 290 g/mol. The standard InChI is InChI=1S/C11H18N2O5S/c14-10(3-8-4-12-5-8)13(6-11(15)16)9-1-2-19(17,18)7-9/h8-9,12H,1-7H2,(H,15,16). The van der Waals surface area contributed by atoms with Crippen molar-refractivity contribution in [2.24, 2.45) is 5.92 Å². The Balaban J connectivity index is 2.02. The van der Waals surface area contributed by atoms with Crippen molar-refractivity contribution in [1.82, 2.24) is 10.2 Å². The summed E-state index contributed by atoms with van der Waals surface area (Å²) in [7, 11) is -3.13. The number of carbonyl (C=O) groups excluding carboxylic acids is 1. The fraction of sp³-hybridized carbons (Fsp3) is 0.818. The van der Waals surface area contributed by atoms with Gasteiger partial charge in [-0.15, -0.1) is 0 Å². The lowest BCUT2D eigenvalue weighted by atomic mass is 9.98. The van der Waals surface area contributed by atoms with Gasteiger partial charge in [-0.25, -0.2) is 8.42 Å². The molecule has 0 aliphatic carbocycles. The lowest BCUT2D eigenvalue weighted by Crippen LogP contribution is -2.49. The molecule has 19 heavy (non-hydrogen) atoms. The molecular weight excluding hydrogens is 272 g/mol. The third-order valence-electron chi connectivity index (χ3n) is 3.60. The highest BCUT2D eigenvalue weighted by molar-refractivity contribution is 7.91. The summed E-state index contributed by atoms with van der Waals surface area (Å²) in [6, 6.07) is -0.485. The molecule has 0 bridgehead atoms. The van der Waals surface area contributed by atoms with Crippen molar-refractivity contribution < 1.29 is 23.1 Å². The predicted molar refractivity (Wildman–Crippen MR) is 67.4 cm³/mol. The van der Waals surface area contributed by atoms with Crippen LogP contribution < -0.4 is 5.32 Å². The Morgan fingerprint density at radius 1 is 1.32 bits per heavy atom. The van der Waals surface area contributed by atoms with Gasteiger partial charge in [-0.05, 0) is 25.4 Å². The zero-order valence-electron chi connectivity index (χ0n) is 10.5. The molecule has 2 rings (SSSR count). The van der Waals surface area contributed by atoms with E-state index >= 15 is 0 Å². The predicted octanol–water partition coefficient (Wildman–Crippen LogP) is -1.30. The van der Waals surface area contributed by atoms with Gasteiger partial charge in [0.2, 0.25) is 5.91 Å². The van der Waals surface area contributed by atoms with Crippen LogP contribution in [0.2, 0.25) is 0 Å². The van der Waals surface area contributed by atoms with Gasteiger partial charge < -0.3 is 15.3 Å². The first-order valence-electron chi connectivity index (χ1n) is 6.30. The molecule has 0 aromatic carbocycles. The van der Waals surface area contributed by atoms with Crippen molar-refractivity contribution in [3.05, 3.63) is 0 Å². The quantitative estimate of drug-likeness (QED) is 0.652. The number of sulfone groups is 1. The van der Waals surface area contributed by atoms with Crippen LogP contribution in [0, 0.1) is 5.92 Å². The van der Waals surface area contributed by atoms with E-state index in [9.17, 15) is 18.0 Å². The number of carboxylic acid groups (broad SMARTS) is 1. The Morgan fingerprint density at radius 2 is 2.00 bits per heavy atom. The summed E-state index contributed by atoms with van der Waals surface area (Å²) in [6.45, 7) is 1.10. The molecule has 2 heterocycles. The van der Waals surface area contributed by atoms with E-state index < -0.39 is 28.4 Å². The summed E-state index contributed by atoms with van der Waals surface area (Å²) in [5.74, 6) is -1.21. The fourth-order valence-electron chi connectivity index (χ4n) is 2.44. The molecule has 1 amide bonds. The normalized spacial score (nSPS) is 25.8. The van der Waals surface area contributed by atoms with E-state index in [-0.39, 0.29) is 29.8 Å². The van der Waals surface area contributed by atoms with Crippen LogP contribution in [0.3, 0.4) is 0 Å². The number of carbonyl (C=O) groups is 2. The largest absolute Gasteiger partial charge is 0.480 e. The first-order chi connectivity index (χ1) is 8.87. The topological polar surface area (TPSA) is 104 Å². The van der Waals surface area contributed by atoms with Crippen molar-refractivity contribution in [3.8, 4) is 0 Å². The summed E-state index contributed by atoms with van der Waals surface area (Å²) >= 11 is 0. The Bertz CT molecular complexity index is 471. The van der Waals surface area contributed by atoms with E-state index in [0.717, 1.165) is 13.1 Å². The second-order valence-electron chi connectivity index (χ2n) is 5.20. The molecule has 1 unspecified atom stereocenters. The van der Waals surface area contributed by atoms with Gasteiger partial charge >= 0.3 is 5.97 Å². The number of carboxylic acids is 1. The molecular formula is C11H18N2O5S. The lowest BCUT2D eigenvalue weighted by molar-refractivity contribution is -0.146. The number of amides is 1. The van der Waals surface area contributed by atoms with E-state index in [1.165, 1.54) is 4.90 Å². The number of aliphatic carboxylic acids is 1. The van der Waals surface area contributed by atoms with Crippen molar-refractivity contribution in [2.45, 2.75) is 18.9 Å². The molecule has 0 spiro atoms. The van der Waals surface area contributed by atoms with Crippen LogP contribution >= 0.6 is 0 Å². The van der Waals surface area contributed by atoms with E-state index in [0.29, 0.717) is 6.42 Å². The zero-order chi connectivity index (χ0) is 14.0. The number of nitrogens with zero attached hydrogens (tertiary/aromatic N) is 1. The molecule has 0 saturated carbocycles. The summed E-state index contributed by atoms with van der Waals surface area (Å²) in [5, 5.41) is 11.9. The van der Waals surface area contributed by atoms with Crippen LogP contribution in [0.1, 0.15) is 12.8 Å². The minimum absolute atomic E-state index is 0.0338. The minimum Gasteiger partial charge on any atom is -0.480 e. The van der Waals surface area contributed by atoms with Gasteiger partial charge in [-0.1, -0.05) is 0 Å². The van der Waals surface area contributed by atoms with Crippen molar-refractivity contribution >= 4 is 21.7 Å². The Kier molecular flexibility index (Phi) is 4.10. The molecule has 8 heteroatoms. The van der Waals surface area contributed by atoms with Crippen LogP contribution in [-0.4, -0.2) is 67.5 Å². The molecule has 2 fully saturated rings. The van der Waals surface area contributed by atoms with Gasteiger partial charge in [0.15, 0.2) is 9.84 Å². The number of hydrogen-bond acceptors (Lipinski definition) is 5. The maximum atomic E-state index is 12.1. The third-order valence-corrected chi connectivity index (χ3v) is 5.35. The Labute approximate surface area is 111 Å². The first-order valence-corrected chi connectivity index (χ1v) is 8.12. The second kappa shape index (κ2) is 5.46. The van der Waals surface area contributed by atoms with E-state index in [2.05, 4.69) is 5.32 Å². The molecule has 2 aliphatic heterocycles. The maximum absolute atomic E-state index is 12.1. The summed E-state index contributed by atoms with van der Waals surface area (Å²) in [4.78, 5) is 24.2. The van der Waals surface area contributed by atoms with Crippen LogP contribution in [0.15, 0.2) is 0 Å². The Hall–Kier alpha value is -1.15. The smallest absolute Gasteiger partial charge is 0.323 e. The molecule has 1 atom stereocenters. The monoisotopic (exact) mass is 290 g/mol. The highest BCUT2D eigenvalue weighted by Gasteiger charge is 2.36. The molecule has 108 valence electrons. The molecule has 2 aliphatic rings. The third kappa shape index (κ3) is 3.66. The van der Waals surface area contributed by atoms with E-state index in [4.69, 9.17) is 5.11 Å². The summed E-state index contributed by atoms with van der Waals surface area (Å²) in [6.07, 6.45) is 0.626. The van der Waals surface area contributed by atoms with Crippen LogP contribution in [0.4, 0.5) is 0 Å². The van der Waals surface area contributed by atoms with Crippen LogP contribution in [0.5, 0.6) is 0 Å². The van der Waals surface area contributed by atoms with Gasteiger partial charge in [-0.2, -0.15) is 0 Å². The average Bonchev–Trinajstić information content (AvgIpc) is 2.60. The van der Waals surface area contributed by atoms with E-state index in [1.54, 1.807) is 0 Å². The number of hydrogen-bond donors (Lipinski definition) is 2. The fourth-order valence-corrected chi connectivity index (χ4v) is 4.18. The van der Waals surface area contributed by atoms with Gasteiger partial charge in [0, 0.05) is 12.5 Å². The maximum Gasteiger partial charge on any atom is 0.323 e. The van der Waals surface area contributed by atoms with Gasteiger partial charge in [0.05, 0.1) is 11.5 Å². The van der Waals surface area contributed by atoms with Crippen molar-refractivity contribution in [2.75, 3.05) is 31.1 Å². The Morgan fingerprint density at radius 3 is 2.42 bits per heavy atom. The van der Waals surface area contributed by atoms with Crippen molar-refractivity contribution in [1.29, 1.82) is 0 Å². The molecule has 0 aromatic heterocycles. The lowest BCUT2D eigenvalue weighted by Gasteiger charge is -2.31. The molecule has 2 N–H and O–H groups in total. The second-order valence-corrected chi connectivity index (χ2v) is 7.43. The van der Waals surface area contributed by atoms with Crippen molar-refractivity contribution in [3.63, 3.8) is 0 Å². The molecule has 0 aromatic rings. The molecule has 0 radical (unpaired) electrons. The van der Waals surface area contributed by atoms with Crippen LogP contribution in [-0.2, 0) is 19.4 Å². The first kappa shape index (κ1) is 14.3. The van der Waals surface area contributed by atoms with Gasteiger partial charge in [0.1, 0.15) is 6.54 Å². The van der Waals surface area contributed by atoms with Crippen LogP contribution in [0.25, 0.3) is 0 Å². The zero-order valence-corrected chi connectivity index (χ0v) is 11.4. The molecule has 7 nitrogen and oxygen atoms in total. The van der Waals surface area contributed by atoms with Gasteiger partial charge in [0.25, 0.3) is 0 Å². The number of rotatable bonds is 5. The summed E-state index contributed by atoms with van der Waals surface area (Å²) in [5.41, 5.74) is 0. The van der Waals surface area contributed by atoms with Gasteiger partial charge in [-0.3, -0.25) is 9.59 Å². The SMILES string of the molecule is O=C(O)CN(C(=O)CC1CNC1)C1CCS(=O)(=O)C1. The highest BCUT2D eigenvalue weighted by Crippen LogP contribution is 2.20. The summed E-state index contributed by atoms with van der Waals surface area (Å²) < 4.78 is 22.9. The van der Waals surface area contributed by atoms with E-state index in [1.807, 2.05) is 0 Å². The molecule has 2 saturated heterocycles. The highest BCUT2D eigenvalue weighted by atomic mass is 32.2.